The second-order valence-electron chi connectivity index (χ2n) is 4.98. The Labute approximate surface area is 105 Å². The van der Waals surface area contributed by atoms with E-state index in [9.17, 15) is 10.2 Å². The molecule has 6 nitrogen and oxygen atoms in total. The van der Waals surface area contributed by atoms with E-state index in [2.05, 4.69) is 4.98 Å². The number of rotatable bonds is 2. The topological polar surface area (TPSA) is 87.7 Å². The van der Waals surface area contributed by atoms with Crippen LogP contribution in [-0.2, 0) is 17.6 Å². The lowest BCUT2D eigenvalue weighted by molar-refractivity contribution is -0.0540. The molecule has 3 N–H and O–H groups in total. The second-order valence-corrected chi connectivity index (χ2v) is 4.98. The molecule has 2 heterocycles. The number of fused-ring (bicyclic) bond motifs is 1. The highest BCUT2D eigenvalue weighted by Crippen LogP contribution is 2.32. The Bertz CT molecular complexity index is 434. The number of aliphatic hydroxyl groups excluding tert-OH is 3. The molecule has 0 bridgehead atoms. The molecule has 3 rings (SSSR count). The summed E-state index contributed by atoms with van der Waals surface area (Å²) in [4.78, 5) is 4.34. The van der Waals surface area contributed by atoms with Gasteiger partial charge < -0.3 is 24.6 Å². The standard InChI is InChI=1S/C12H18N2O4/c15-5-9-10(16)11(17)12(18-9)14-6-13-7-3-1-2-4-8(7)14/h6,9-12,15-17H,1-5H2/t9-,10+,11+,12-/m0/s1. The predicted octanol–water partition coefficient (Wildman–Crippen LogP) is -0.627. The fourth-order valence-electron chi connectivity index (χ4n) is 2.82. The molecule has 0 radical (unpaired) electrons. The average Bonchev–Trinajstić information content (AvgIpc) is 2.93. The molecule has 1 fully saturated rings. The van der Waals surface area contributed by atoms with E-state index in [1.165, 1.54) is 0 Å². The maximum absolute atomic E-state index is 10.00. The maximum atomic E-state index is 10.00. The van der Waals surface area contributed by atoms with E-state index in [4.69, 9.17) is 9.84 Å². The minimum atomic E-state index is -1.05. The lowest BCUT2D eigenvalue weighted by Crippen LogP contribution is -2.33. The van der Waals surface area contributed by atoms with Crippen molar-refractivity contribution in [2.45, 2.75) is 50.2 Å². The van der Waals surface area contributed by atoms with Gasteiger partial charge in [0.25, 0.3) is 0 Å². The number of nitrogens with zero attached hydrogens (tertiary/aromatic N) is 2. The Morgan fingerprint density at radius 2 is 2.06 bits per heavy atom. The fraction of sp³-hybridized carbons (Fsp3) is 0.750. The molecule has 0 saturated carbocycles. The summed E-state index contributed by atoms with van der Waals surface area (Å²) in [5.41, 5.74) is 2.13. The molecule has 1 aliphatic heterocycles. The molecule has 100 valence electrons. The molecule has 0 spiro atoms. The van der Waals surface area contributed by atoms with E-state index in [1.807, 2.05) is 0 Å². The zero-order valence-electron chi connectivity index (χ0n) is 10.1. The first kappa shape index (κ1) is 12.1. The van der Waals surface area contributed by atoms with Crippen molar-refractivity contribution in [3.63, 3.8) is 0 Å². The average molecular weight is 254 g/mol. The fourth-order valence-corrected chi connectivity index (χ4v) is 2.82. The Morgan fingerprint density at radius 1 is 1.28 bits per heavy atom. The normalized spacial score (nSPS) is 35.7. The molecule has 1 saturated heterocycles. The van der Waals surface area contributed by atoms with Crippen molar-refractivity contribution in [2.75, 3.05) is 6.61 Å². The largest absolute Gasteiger partial charge is 0.394 e. The molecule has 1 aromatic heterocycles. The number of aromatic nitrogens is 2. The van der Waals surface area contributed by atoms with Crippen LogP contribution in [0.25, 0.3) is 0 Å². The van der Waals surface area contributed by atoms with Gasteiger partial charge in [-0.3, -0.25) is 0 Å². The van der Waals surface area contributed by atoms with E-state index in [0.717, 1.165) is 37.1 Å². The highest BCUT2D eigenvalue weighted by atomic mass is 16.6. The molecular weight excluding hydrogens is 236 g/mol. The van der Waals surface area contributed by atoms with E-state index in [0.29, 0.717) is 0 Å². The minimum absolute atomic E-state index is 0.300. The highest BCUT2D eigenvalue weighted by molar-refractivity contribution is 5.17. The zero-order valence-corrected chi connectivity index (χ0v) is 10.1. The van der Waals surface area contributed by atoms with Crippen LogP contribution in [0.2, 0.25) is 0 Å². The SMILES string of the molecule is OC[C@@H]1O[C@H](n2cnc3c2CCCC3)[C@H](O)[C@@H]1O. The van der Waals surface area contributed by atoms with Gasteiger partial charge in [-0.05, 0) is 25.7 Å². The Kier molecular flexibility index (Phi) is 3.11. The Morgan fingerprint density at radius 3 is 2.78 bits per heavy atom. The molecule has 0 unspecified atom stereocenters. The molecule has 4 atom stereocenters. The molecular formula is C12H18N2O4. The van der Waals surface area contributed by atoms with E-state index >= 15 is 0 Å². The number of aliphatic hydroxyl groups is 3. The van der Waals surface area contributed by atoms with Crippen LogP contribution in [0.4, 0.5) is 0 Å². The molecule has 2 aliphatic rings. The molecule has 0 aromatic carbocycles. The van der Waals surface area contributed by atoms with Crippen LogP contribution >= 0.6 is 0 Å². The van der Waals surface area contributed by atoms with Crippen LogP contribution in [-0.4, -0.2) is 49.8 Å². The van der Waals surface area contributed by atoms with Gasteiger partial charge in [-0.15, -0.1) is 0 Å². The Hall–Kier alpha value is -0.950. The maximum Gasteiger partial charge on any atom is 0.164 e. The van der Waals surface area contributed by atoms with Gasteiger partial charge in [0.2, 0.25) is 0 Å². The van der Waals surface area contributed by atoms with Gasteiger partial charge in [0.1, 0.15) is 18.3 Å². The van der Waals surface area contributed by atoms with Crippen LogP contribution in [0.5, 0.6) is 0 Å². The molecule has 6 heteroatoms. The number of hydrogen-bond acceptors (Lipinski definition) is 5. The van der Waals surface area contributed by atoms with Gasteiger partial charge in [-0.2, -0.15) is 0 Å². The van der Waals surface area contributed by atoms with Crippen molar-refractivity contribution in [3.8, 4) is 0 Å². The summed E-state index contributed by atoms with van der Waals surface area (Å²) in [6, 6.07) is 0. The molecule has 18 heavy (non-hydrogen) atoms. The Balaban J connectivity index is 1.89. The van der Waals surface area contributed by atoms with Gasteiger partial charge in [0.15, 0.2) is 6.23 Å². The van der Waals surface area contributed by atoms with Crippen LogP contribution in [0, 0.1) is 0 Å². The third-order valence-electron chi connectivity index (χ3n) is 3.85. The summed E-state index contributed by atoms with van der Waals surface area (Å²) in [5, 5.41) is 28.8. The van der Waals surface area contributed by atoms with Crippen molar-refractivity contribution in [3.05, 3.63) is 17.7 Å². The van der Waals surface area contributed by atoms with Crippen LogP contribution in [0.15, 0.2) is 6.33 Å². The molecule has 1 aliphatic carbocycles. The summed E-state index contributed by atoms with van der Waals surface area (Å²) >= 11 is 0. The van der Waals surface area contributed by atoms with Crippen LogP contribution in [0.1, 0.15) is 30.5 Å². The van der Waals surface area contributed by atoms with Gasteiger partial charge in [-0.25, -0.2) is 4.98 Å². The lowest BCUT2D eigenvalue weighted by Gasteiger charge is -2.21. The van der Waals surface area contributed by atoms with Crippen LogP contribution < -0.4 is 0 Å². The number of imidazole rings is 1. The first-order chi connectivity index (χ1) is 8.72. The summed E-state index contributed by atoms with van der Waals surface area (Å²) in [7, 11) is 0. The quantitative estimate of drug-likeness (QED) is 0.654. The second kappa shape index (κ2) is 4.62. The van der Waals surface area contributed by atoms with E-state index in [1.54, 1.807) is 10.9 Å². The molecule has 1 aromatic rings. The van der Waals surface area contributed by atoms with Gasteiger partial charge >= 0.3 is 0 Å². The minimum Gasteiger partial charge on any atom is -0.394 e. The summed E-state index contributed by atoms with van der Waals surface area (Å²) in [6.07, 6.45) is 2.32. The lowest BCUT2D eigenvalue weighted by atomic mass is 10.0. The number of ether oxygens (including phenoxy) is 1. The van der Waals surface area contributed by atoms with Crippen molar-refractivity contribution in [2.24, 2.45) is 0 Å². The third kappa shape index (κ3) is 1.76. The van der Waals surface area contributed by atoms with E-state index < -0.39 is 24.5 Å². The van der Waals surface area contributed by atoms with Crippen molar-refractivity contribution in [1.29, 1.82) is 0 Å². The first-order valence-corrected chi connectivity index (χ1v) is 6.39. The van der Waals surface area contributed by atoms with Gasteiger partial charge in [-0.1, -0.05) is 0 Å². The van der Waals surface area contributed by atoms with Crippen molar-refractivity contribution in [1.82, 2.24) is 9.55 Å². The highest BCUT2D eigenvalue weighted by Gasteiger charge is 2.44. The van der Waals surface area contributed by atoms with E-state index in [-0.39, 0.29) is 6.61 Å². The summed E-state index contributed by atoms with van der Waals surface area (Å²) in [5.74, 6) is 0. The van der Waals surface area contributed by atoms with Crippen molar-refractivity contribution < 1.29 is 20.1 Å². The van der Waals surface area contributed by atoms with Crippen molar-refractivity contribution >= 4 is 0 Å². The van der Waals surface area contributed by atoms with Gasteiger partial charge in [0, 0.05) is 5.69 Å². The predicted molar refractivity (Wildman–Crippen MR) is 61.9 cm³/mol. The van der Waals surface area contributed by atoms with Gasteiger partial charge in [0.05, 0.1) is 18.6 Å². The number of hydrogen-bond donors (Lipinski definition) is 3. The number of aryl methyl sites for hydroxylation is 1. The monoisotopic (exact) mass is 254 g/mol. The summed E-state index contributed by atoms with van der Waals surface area (Å²) < 4.78 is 7.32. The first-order valence-electron chi connectivity index (χ1n) is 6.39. The summed E-state index contributed by atoms with van der Waals surface area (Å²) in [6.45, 7) is -0.300. The third-order valence-corrected chi connectivity index (χ3v) is 3.85. The molecule has 0 amide bonds. The van der Waals surface area contributed by atoms with Crippen LogP contribution in [0.3, 0.4) is 0 Å². The zero-order chi connectivity index (χ0) is 12.7. The smallest absolute Gasteiger partial charge is 0.164 e.